The Hall–Kier alpha value is -3.60. The second-order valence-corrected chi connectivity index (χ2v) is 9.28. The lowest BCUT2D eigenvalue weighted by molar-refractivity contribution is -0.115. The molecule has 3 aromatic rings. The highest BCUT2D eigenvalue weighted by atomic mass is 32.2. The van der Waals surface area contributed by atoms with Gasteiger partial charge in [0.15, 0.2) is 9.84 Å². The van der Waals surface area contributed by atoms with E-state index in [9.17, 15) is 18.0 Å². The molecule has 11 heteroatoms. The summed E-state index contributed by atoms with van der Waals surface area (Å²) in [5.74, 6) is -1.23. The molecule has 10 nitrogen and oxygen atoms in total. The zero-order valence-corrected chi connectivity index (χ0v) is 17.1. The molecule has 1 aromatic heterocycles. The number of hydrogen-bond acceptors (Lipinski definition) is 7. The van der Waals surface area contributed by atoms with Crippen LogP contribution in [0.15, 0.2) is 53.4 Å². The number of nitrogens with zero attached hydrogens (tertiary/aromatic N) is 4. The maximum Gasteiger partial charge on any atom is 0.290 e. The van der Waals surface area contributed by atoms with Crippen molar-refractivity contribution in [3.05, 3.63) is 59.9 Å². The molecular formula is C19H20N6O4S. The first-order valence-electron chi connectivity index (χ1n) is 9.00. The smallest absolute Gasteiger partial charge is 0.290 e. The molecule has 3 N–H and O–H groups in total. The highest BCUT2D eigenvalue weighted by Crippen LogP contribution is 2.17. The van der Waals surface area contributed by atoms with Crippen LogP contribution in [0.25, 0.3) is 5.69 Å². The van der Waals surface area contributed by atoms with E-state index in [1.54, 1.807) is 50.2 Å². The van der Waals surface area contributed by atoms with Gasteiger partial charge in [-0.2, -0.15) is 0 Å². The number of nitrogens with two attached hydrogens (primary N) is 1. The Morgan fingerprint density at radius 3 is 2.23 bits per heavy atom. The number of amides is 2. The molecular weight excluding hydrogens is 408 g/mol. The zero-order valence-electron chi connectivity index (χ0n) is 16.3. The lowest BCUT2D eigenvalue weighted by Crippen LogP contribution is -2.15. The molecule has 2 amide bonds. The molecule has 3 rings (SSSR count). The van der Waals surface area contributed by atoms with E-state index in [0.29, 0.717) is 16.9 Å². The molecule has 0 aliphatic heterocycles. The molecule has 0 saturated carbocycles. The van der Waals surface area contributed by atoms with Crippen molar-refractivity contribution >= 4 is 27.3 Å². The summed E-state index contributed by atoms with van der Waals surface area (Å²) < 4.78 is 24.3. The number of tetrazole rings is 1. The third-order valence-corrected chi connectivity index (χ3v) is 6.42. The molecule has 0 saturated heterocycles. The average molecular weight is 428 g/mol. The predicted molar refractivity (Wildman–Crippen MR) is 109 cm³/mol. The van der Waals surface area contributed by atoms with Crippen molar-refractivity contribution in [1.82, 2.24) is 20.2 Å². The fourth-order valence-electron chi connectivity index (χ4n) is 2.56. The standard InChI is InChI=1S/C19H20N6O4S/c1-12(2)30(28,29)16-9-3-13(4-10-16)11-17(26)21-14-5-7-15(8-6-14)25-23-19(18(20)27)22-24-25/h3-10,12H,11H2,1-2H3,(H2,20,27)(H,21,26). The van der Waals surface area contributed by atoms with Crippen LogP contribution in [0.4, 0.5) is 5.69 Å². The number of aromatic nitrogens is 4. The number of benzene rings is 2. The fraction of sp³-hybridized carbons (Fsp3) is 0.211. The van der Waals surface area contributed by atoms with Crippen LogP contribution < -0.4 is 11.1 Å². The number of primary amides is 1. The Morgan fingerprint density at radius 1 is 1.07 bits per heavy atom. The summed E-state index contributed by atoms with van der Waals surface area (Å²) in [6.45, 7) is 3.25. The van der Waals surface area contributed by atoms with Gasteiger partial charge in [-0.3, -0.25) is 9.59 Å². The van der Waals surface area contributed by atoms with Crippen LogP contribution in [0.1, 0.15) is 30.0 Å². The summed E-state index contributed by atoms with van der Waals surface area (Å²) in [4.78, 5) is 24.7. The van der Waals surface area contributed by atoms with Gasteiger partial charge in [0.1, 0.15) is 0 Å². The number of carbonyl (C=O) groups is 2. The lowest BCUT2D eigenvalue weighted by Gasteiger charge is -2.09. The van der Waals surface area contributed by atoms with E-state index in [-0.39, 0.29) is 23.0 Å². The molecule has 1 heterocycles. The van der Waals surface area contributed by atoms with Gasteiger partial charge >= 0.3 is 0 Å². The highest BCUT2D eigenvalue weighted by molar-refractivity contribution is 7.92. The number of anilines is 1. The lowest BCUT2D eigenvalue weighted by atomic mass is 10.1. The van der Waals surface area contributed by atoms with Gasteiger partial charge in [0.25, 0.3) is 11.7 Å². The normalized spacial score (nSPS) is 11.4. The van der Waals surface area contributed by atoms with Gasteiger partial charge in [0, 0.05) is 5.69 Å². The Kier molecular flexibility index (Phi) is 5.92. The van der Waals surface area contributed by atoms with Crippen molar-refractivity contribution in [3.8, 4) is 5.69 Å². The Morgan fingerprint density at radius 2 is 1.70 bits per heavy atom. The van der Waals surface area contributed by atoms with Crippen LogP contribution in [-0.4, -0.2) is 45.7 Å². The molecule has 2 aromatic carbocycles. The number of carbonyl (C=O) groups excluding carboxylic acids is 2. The summed E-state index contributed by atoms with van der Waals surface area (Å²) in [6.07, 6.45) is 0.0936. The SMILES string of the molecule is CC(C)S(=O)(=O)c1ccc(CC(=O)Nc2ccc(-n3nnc(C(N)=O)n3)cc2)cc1. The van der Waals surface area contributed by atoms with Crippen molar-refractivity contribution < 1.29 is 18.0 Å². The summed E-state index contributed by atoms with van der Waals surface area (Å²) in [7, 11) is -3.34. The van der Waals surface area contributed by atoms with E-state index in [1.807, 2.05) is 0 Å². The van der Waals surface area contributed by atoms with Crippen LogP contribution in [0.2, 0.25) is 0 Å². The Bertz CT molecular complexity index is 1170. The van der Waals surface area contributed by atoms with E-state index >= 15 is 0 Å². The van der Waals surface area contributed by atoms with Gasteiger partial charge in [0.2, 0.25) is 5.91 Å². The fourth-order valence-corrected chi connectivity index (χ4v) is 3.62. The largest absolute Gasteiger partial charge is 0.363 e. The predicted octanol–water partition coefficient (Wildman–Crippen LogP) is 1.12. The highest BCUT2D eigenvalue weighted by Gasteiger charge is 2.19. The number of sulfone groups is 1. The first kappa shape index (κ1) is 21.1. The molecule has 156 valence electrons. The second-order valence-electron chi connectivity index (χ2n) is 6.78. The van der Waals surface area contributed by atoms with Gasteiger partial charge < -0.3 is 11.1 Å². The molecule has 0 spiro atoms. The Labute approximate surface area is 173 Å². The van der Waals surface area contributed by atoms with Crippen LogP contribution in [0.5, 0.6) is 0 Å². The van der Waals surface area contributed by atoms with Crippen molar-refractivity contribution in [3.63, 3.8) is 0 Å². The number of hydrogen-bond donors (Lipinski definition) is 2. The van der Waals surface area contributed by atoms with E-state index < -0.39 is 21.0 Å². The van der Waals surface area contributed by atoms with Crippen molar-refractivity contribution in [1.29, 1.82) is 0 Å². The van der Waals surface area contributed by atoms with Crippen molar-refractivity contribution in [2.75, 3.05) is 5.32 Å². The van der Waals surface area contributed by atoms with E-state index in [4.69, 9.17) is 5.73 Å². The van der Waals surface area contributed by atoms with Crippen molar-refractivity contribution in [2.24, 2.45) is 5.73 Å². The van der Waals surface area contributed by atoms with Gasteiger partial charge in [-0.05, 0) is 61.0 Å². The zero-order chi connectivity index (χ0) is 21.9. The Balaban J connectivity index is 1.63. The minimum Gasteiger partial charge on any atom is -0.363 e. The third-order valence-electron chi connectivity index (χ3n) is 4.25. The maximum atomic E-state index is 12.3. The number of nitrogens with one attached hydrogen (secondary N) is 1. The van der Waals surface area contributed by atoms with E-state index in [2.05, 4.69) is 20.7 Å². The molecule has 0 aliphatic carbocycles. The van der Waals surface area contributed by atoms with Gasteiger partial charge in [-0.15, -0.1) is 15.0 Å². The summed E-state index contributed by atoms with van der Waals surface area (Å²) in [5.41, 5.74) is 6.88. The molecule has 0 fully saturated rings. The van der Waals surface area contributed by atoms with Crippen LogP contribution in [0.3, 0.4) is 0 Å². The summed E-state index contributed by atoms with van der Waals surface area (Å²) >= 11 is 0. The summed E-state index contributed by atoms with van der Waals surface area (Å²) in [5, 5.41) is 13.4. The monoisotopic (exact) mass is 428 g/mol. The third kappa shape index (κ3) is 4.69. The molecule has 0 bridgehead atoms. The first-order valence-corrected chi connectivity index (χ1v) is 10.5. The molecule has 0 unspecified atom stereocenters. The van der Waals surface area contributed by atoms with Gasteiger partial charge in [-0.1, -0.05) is 12.1 Å². The minimum absolute atomic E-state index is 0.0936. The first-order chi connectivity index (χ1) is 14.2. The second kappa shape index (κ2) is 8.41. The van der Waals surface area contributed by atoms with Gasteiger partial charge in [0.05, 0.1) is 22.3 Å². The quantitative estimate of drug-likeness (QED) is 0.572. The summed E-state index contributed by atoms with van der Waals surface area (Å²) in [6, 6.07) is 12.9. The van der Waals surface area contributed by atoms with Gasteiger partial charge in [-0.25, -0.2) is 8.42 Å². The van der Waals surface area contributed by atoms with Crippen LogP contribution in [0, 0.1) is 0 Å². The average Bonchev–Trinajstić information content (AvgIpc) is 3.19. The minimum atomic E-state index is -3.34. The van der Waals surface area contributed by atoms with E-state index in [0.717, 1.165) is 4.80 Å². The topological polar surface area (TPSA) is 150 Å². The van der Waals surface area contributed by atoms with E-state index in [1.165, 1.54) is 12.1 Å². The van der Waals surface area contributed by atoms with Crippen molar-refractivity contribution in [2.45, 2.75) is 30.4 Å². The number of rotatable bonds is 7. The maximum absolute atomic E-state index is 12.3. The molecule has 0 radical (unpaired) electrons. The molecule has 0 aliphatic rings. The molecule has 0 atom stereocenters. The van der Waals surface area contributed by atoms with Crippen LogP contribution in [-0.2, 0) is 21.1 Å². The molecule has 30 heavy (non-hydrogen) atoms. The van der Waals surface area contributed by atoms with Crippen LogP contribution >= 0.6 is 0 Å².